The first-order valence-electron chi connectivity index (χ1n) is 35.4. The number of aliphatic imine (C=N–C) groups is 1. The van der Waals surface area contributed by atoms with Crippen molar-refractivity contribution in [3.8, 4) is 0 Å². The molecule has 2 aromatic rings. The summed E-state index contributed by atoms with van der Waals surface area (Å²) in [6, 6.07) is 6.30. The van der Waals surface area contributed by atoms with Gasteiger partial charge in [-0.1, -0.05) is 88.7 Å². The highest BCUT2D eigenvalue weighted by Crippen LogP contribution is 2.47. The molecule has 0 radical (unpaired) electrons. The SMILES string of the molecule is C=C(C(NC(=O)C(C(C)C)N1CCCC1(CC)CN(CC)CCC)C(CN1CC2(COC2)C1)C(C)CN(CCC1CC1)c1ccc2c(c1)c(CC(C)(C)COC)c(C1=C(C(C)OC)N=CC(C3CN(C4CC4)C3)C1)n2CC(F)(F)F)N1CCCCN1.CC.CO. The molecule has 510 valence electrons. The van der Waals surface area contributed by atoms with E-state index in [0.29, 0.717) is 60.8 Å². The van der Waals surface area contributed by atoms with Crippen LogP contribution in [0.1, 0.15) is 164 Å². The average Bonchev–Trinajstić information content (AvgIpc) is 1.49. The number of halogens is 3. The van der Waals surface area contributed by atoms with Crippen LogP contribution in [0.3, 0.4) is 0 Å². The number of hydrogen-bond donors (Lipinski definition) is 3. The molecule has 3 N–H and O–H groups in total. The molecule has 6 aliphatic heterocycles. The second-order valence-corrected chi connectivity index (χ2v) is 29.5. The lowest BCUT2D eigenvalue weighted by Crippen LogP contribution is -2.68. The number of anilines is 1. The van der Waals surface area contributed by atoms with Crippen molar-refractivity contribution in [2.24, 2.45) is 51.3 Å². The lowest BCUT2D eigenvalue weighted by molar-refractivity contribution is -0.192. The van der Waals surface area contributed by atoms with Gasteiger partial charge in [-0.15, -0.1) is 0 Å². The maximum atomic E-state index is 15.9. The van der Waals surface area contributed by atoms with Gasteiger partial charge in [0.05, 0.1) is 49.4 Å². The van der Waals surface area contributed by atoms with Crippen molar-refractivity contribution in [1.82, 2.24) is 39.9 Å². The molecule has 90 heavy (non-hydrogen) atoms. The van der Waals surface area contributed by atoms with E-state index >= 15 is 18.0 Å². The smallest absolute Gasteiger partial charge is 0.400 e. The van der Waals surface area contributed by atoms with Crippen LogP contribution in [0.2, 0.25) is 0 Å². The van der Waals surface area contributed by atoms with E-state index in [1.165, 1.54) is 25.7 Å². The van der Waals surface area contributed by atoms with Gasteiger partial charge < -0.3 is 48.9 Å². The molecule has 1 amide bonds. The van der Waals surface area contributed by atoms with E-state index in [2.05, 4.69) is 114 Å². The summed E-state index contributed by atoms with van der Waals surface area (Å²) in [5, 5.41) is 14.0. The van der Waals surface area contributed by atoms with Crippen LogP contribution in [0, 0.1) is 46.3 Å². The molecule has 18 heteroatoms. The fraction of sp³-hybridized carbons (Fsp3) is 0.806. The van der Waals surface area contributed by atoms with Crippen molar-refractivity contribution in [3.63, 3.8) is 0 Å². The Balaban J connectivity index is 0.00000256. The van der Waals surface area contributed by atoms with Gasteiger partial charge in [-0.05, 0) is 150 Å². The third kappa shape index (κ3) is 17.1. The van der Waals surface area contributed by atoms with Crippen molar-refractivity contribution in [2.75, 3.05) is 131 Å². The Kier molecular flexibility index (Phi) is 25.5. The molecule has 5 saturated heterocycles. The number of hydrazine groups is 1. The molecular formula is C72H121F3N10O5. The number of nitrogens with one attached hydrogen (secondary N) is 2. The molecular weight excluding hydrogens is 1140 g/mol. The van der Waals surface area contributed by atoms with Crippen molar-refractivity contribution in [2.45, 2.75) is 202 Å². The summed E-state index contributed by atoms with van der Waals surface area (Å²) in [4.78, 5) is 33.9. The Labute approximate surface area is 541 Å². The van der Waals surface area contributed by atoms with E-state index in [9.17, 15) is 0 Å². The monoisotopic (exact) mass is 1260 g/mol. The molecule has 10 rings (SSSR count). The number of carbonyl (C=O) groups is 1. The fourth-order valence-electron chi connectivity index (χ4n) is 16.4. The highest BCUT2D eigenvalue weighted by Gasteiger charge is 2.52. The summed E-state index contributed by atoms with van der Waals surface area (Å²) in [5.74, 6) is 1.33. The molecule has 7 unspecified atom stereocenters. The van der Waals surface area contributed by atoms with Gasteiger partial charge in [0.2, 0.25) is 5.91 Å². The van der Waals surface area contributed by atoms with E-state index in [-0.39, 0.29) is 52.6 Å². The summed E-state index contributed by atoms with van der Waals surface area (Å²) in [6.45, 7) is 41.7. The van der Waals surface area contributed by atoms with Gasteiger partial charge >= 0.3 is 6.18 Å². The first kappa shape index (κ1) is 72.2. The predicted octanol–water partition coefficient (Wildman–Crippen LogP) is 11.8. The number of carbonyl (C=O) groups excluding carboxylic acids is 1. The zero-order valence-electron chi connectivity index (χ0n) is 58.3. The molecule has 1 aromatic heterocycles. The summed E-state index contributed by atoms with van der Waals surface area (Å²) < 4.78 is 65.6. The predicted molar refractivity (Wildman–Crippen MR) is 362 cm³/mol. The Hall–Kier alpha value is -3.59. The number of fused-ring (bicyclic) bond motifs is 1. The summed E-state index contributed by atoms with van der Waals surface area (Å²) in [6.07, 6.45) is 10.6. The number of nitrogens with zero attached hydrogens (tertiary/aromatic N) is 8. The lowest BCUT2D eigenvalue weighted by Gasteiger charge is -2.56. The number of rotatable bonds is 32. The van der Waals surface area contributed by atoms with Gasteiger partial charge in [0, 0.05) is 150 Å². The average molecular weight is 1260 g/mol. The van der Waals surface area contributed by atoms with E-state index in [4.69, 9.17) is 30.9 Å². The molecule has 2 saturated carbocycles. The summed E-state index contributed by atoms with van der Waals surface area (Å²) in [5.41, 5.74) is 9.04. The quantitative estimate of drug-likeness (QED) is 0.0646. The van der Waals surface area contributed by atoms with Gasteiger partial charge in [-0.3, -0.25) is 19.6 Å². The minimum absolute atomic E-state index is 0.0343. The van der Waals surface area contributed by atoms with Gasteiger partial charge in [-0.25, -0.2) is 5.43 Å². The van der Waals surface area contributed by atoms with Gasteiger partial charge in [0.15, 0.2) is 0 Å². The molecule has 7 heterocycles. The molecule has 15 nitrogen and oxygen atoms in total. The lowest BCUT2D eigenvalue weighted by atomic mass is 9.76. The topological polar surface area (TPSA) is 126 Å². The minimum atomic E-state index is -4.49. The van der Waals surface area contributed by atoms with Gasteiger partial charge in [0.25, 0.3) is 0 Å². The number of likely N-dealkylation sites (tertiary alicyclic amines) is 3. The number of ether oxygens (including phenoxy) is 3. The van der Waals surface area contributed by atoms with Crippen LogP contribution in [0.25, 0.3) is 16.5 Å². The molecule has 1 spiro atoms. The zero-order valence-corrected chi connectivity index (χ0v) is 58.3. The highest BCUT2D eigenvalue weighted by atomic mass is 19.4. The van der Waals surface area contributed by atoms with Crippen LogP contribution in [0.15, 0.2) is 41.2 Å². The standard InChI is InChI=1S/C69H111F3N10O4.C2H6.CH4O/c1-13-28-76(15-3)42-68(14-2)26-18-29-81(68)63(47(4)5)65(83)75-61(49(7)82-30-17-16-27-74-82)59(39-77-40-67(41-77)45-86-46-67)48(6)36-78(31-25-51-19-20-51)55-23-24-60-56(33-55)58(34-66(9,10)44-84-11)64(80(60)43-69(70,71)72)57-32-52(35-73-62(57)50(8)85-12)53-37-79(38-53)54-21-22-54;2*1-2/h23-24,33,35,47-48,50-54,59,61,63,74H,7,13-22,25-32,34,36-46H2,1-6,8-12H3,(H,75,83);1-2H3;2H,1H3. The van der Waals surface area contributed by atoms with Gasteiger partial charge in [-0.2, -0.15) is 13.2 Å². The van der Waals surface area contributed by atoms with E-state index in [1.807, 2.05) is 26.8 Å². The molecule has 7 atom stereocenters. The summed E-state index contributed by atoms with van der Waals surface area (Å²) >= 11 is 0. The van der Waals surface area contributed by atoms with Crippen molar-refractivity contribution >= 4 is 34.3 Å². The van der Waals surface area contributed by atoms with Crippen LogP contribution in [-0.2, 0) is 32.0 Å². The number of aromatic nitrogens is 1. The number of amides is 1. The zero-order chi connectivity index (χ0) is 65.3. The van der Waals surface area contributed by atoms with Gasteiger partial charge in [0.1, 0.15) is 6.54 Å². The third-order valence-corrected chi connectivity index (χ3v) is 21.6. The number of likely N-dealkylation sites (N-methyl/N-ethyl adjacent to an activating group) is 1. The van der Waals surface area contributed by atoms with Crippen molar-refractivity contribution in [3.05, 3.63) is 47.4 Å². The number of aliphatic hydroxyl groups excluding tert-OH is 1. The molecule has 8 aliphatic rings. The number of alkyl halides is 3. The Bertz CT molecular complexity index is 2680. The summed E-state index contributed by atoms with van der Waals surface area (Å²) in [7, 11) is 4.38. The Morgan fingerprint density at radius 2 is 1.71 bits per heavy atom. The normalized spacial score (nSPS) is 24.2. The molecule has 1 aromatic carbocycles. The maximum Gasteiger partial charge on any atom is 0.406 e. The maximum absolute atomic E-state index is 15.9. The first-order valence-corrected chi connectivity index (χ1v) is 35.4. The third-order valence-electron chi connectivity index (χ3n) is 21.6. The fourth-order valence-corrected chi connectivity index (χ4v) is 16.4. The number of allylic oxidation sites excluding steroid dienone is 1. The van der Waals surface area contributed by atoms with Crippen LogP contribution in [0.4, 0.5) is 18.9 Å². The van der Waals surface area contributed by atoms with E-state index < -0.39 is 24.2 Å². The minimum Gasteiger partial charge on any atom is -0.400 e. The number of methoxy groups -OCH3 is 2. The van der Waals surface area contributed by atoms with E-state index in [1.54, 1.807) is 18.8 Å². The largest absolute Gasteiger partial charge is 0.406 e. The second-order valence-electron chi connectivity index (χ2n) is 29.5. The first-order chi connectivity index (χ1) is 43.1. The van der Waals surface area contributed by atoms with Crippen LogP contribution in [-0.4, -0.2) is 209 Å². The second kappa shape index (κ2) is 31.8. The molecule has 0 bridgehead atoms. The van der Waals surface area contributed by atoms with Crippen LogP contribution >= 0.6 is 0 Å². The number of aliphatic hydroxyl groups is 1. The number of benzene rings is 1. The molecule has 2 aliphatic carbocycles. The Morgan fingerprint density at radius 1 is 0.989 bits per heavy atom. The Morgan fingerprint density at radius 3 is 2.29 bits per heavy atom. The van der Waals surface area contributed by atoms with Crippen LogP contribution < -0.4 is 15.6 Å². The number of hydrogen-bond acceptors (Lipinski definition) is 13. The van der Waals surface area contributed by atoms with Crippen molar-refractivity contribution in [1.29, 1.82) is 0 Å². The van der Waals surface area contributed by atoms with E-state index in [0.717, 1.165) is 172 Å². The molecule has 7 fully saturated rings. The van der Waals surface area contributed by atoms with Crippen molar-refractivity contribution < 1.29 is 37.3 Å². The van der Waals surface area contributed by atoms with Crippen LogP contribution in [0.5, 0.6) is 0 Å². The highest BCUT2D eigenvalue weighted by molar-refractivity contribution is 5.94.